The van der Waals surface area contributed by atoms with Crippen molar-refractivity contribution < 1.29 is 31.8 Å². The minimum atomic E-state index is -3.96. The van der Waals surface area contributed by atoms with E-state index in [0.29, 0.717) is 56.6 Å². The largest absolute Gasteiger partial charge is 0.490 e. The third-order valence-electron chi connectivity index (χ3n) is 11.7. The van der Waals surface area contributed by atoms with Gasteiger partial charge in [-0.1, -0.05) is 30.7 Å². The van der Waals surface area contributed by atoms with E-state index in [-0.39, 0.29) is 40.3 Å². The highest BCUT2D eigenvalue weighted by atomic mass is 35.5. The van der Waals surface area contributed by atoms with Crippen molar-refractivity contribution in [2.75, 3.05) is 44.9 Å². The van der Waals surface area contributed by atoms with Gasteiger partial charge in [-0.05, 0) is 110 Å². The Hall–Kier alpha value is -2.66. The minimum absolute atomic E-state index is 0.0680. The van der Waals surface area contributed by atoms with Crippen molar-refractivity contribution in [2.45, 2.75) is 69.1 Å². The second-order valence-electron chi connectivity index (χ2n) is 14.3. The first-order valence-electron chi connectivity index (χ1n) is 16.9. The summed E-state index contributed by atoms with van der Waals surface area (Å²) in [6.07, 6.45) is 7.21. The number of nitrogens with one attached hydrogen (secondary N) is 1. The Balaban J connectivity index is 1.31. The van der Waals surface area contributed by atoms with Gasteiger partial charge in [0, 0.05) is 31.2 Å². The van der Waals surface area contributed by atoms with Crippen molar-refractivity contribution >= 4 is 33.2 Å². The van der Waals surface area contributed by atoms with E-state index in [0.717, 1.165) is 43.4 Å². The lowest BCUT2D eigenvalue weighted by molar-refractivity contribution is -0.0418. The maximum Gasteiger partial charge on any atom is 0.264 e. The molecule has 254 valence electrons. The molecule has 3 heterocycles. The molecule has 0 unspecified atom stereocenters. The maximum absolute atomic E-state index is 15.4. The lowest BCUT2D eigenvalue weighted by atomic mass is 9.64. The molecule has 47 heavy (non-hydrogen) atoms. The van der Waals surface area contributed by atoms with E-state index in [1.54, 1.807) is 38.3 Å². The number of anilines is 1. The number of carbonyl (C=O) groups excluding carboxylic acids is 1. The van der Waals surface area contributed by atoms with Gasteiger partial charge in [-0.3, -0.25) is 4.79 Å². The second kappa shape index (κ2) is 12.7. The van der Waals surface area contributed by atoms with Gasteiger partial charge in [-0.2, -0.15) is 0 Å². The van der Waals surface area contributed by atoms with Crippen LogP contribution in [0.3, 0.4) is 0 Å². The molecule has 7 atom stereocenters. The van der Waals surface area contributed by atoms with Crippen molar-refractivity contribution in [1.29, 1.82) is 0 Å². The summed E-state index contributed by atoms with van der Waals surface area (Å²) in [5.41, 5.74) is 3.30. The van der Waals surface area contributed by atoms with E-state index in [9.17, 15) is 13.2 Å². The standard InChI is InChI=1S/C36H44ClFN2O6S/c1-21-22(2)47(42,43)39-35(41)23-7-11-32-31(17-23)40(18-24-6-8-27(24)34(45-14-13-44-3)26-15-25(21)16-26)19-36(20-46-32)12-4-5-28-29(36)9-10-30(37)33(28)38/h7,9-11,15,17,21-22,24-25,27,34H,4-6,8,12-14,16,18-20H2,1-3H3,(H,39,41)/t21-,22-,24+,25+,27-,34+,36+/m1/s1. The summed E-state index contributed by atoms with van der Waals surface area (Å²) in [6, 6.07) is 8.74. The van der Waals surface area contributed by atoms with Crippen molar-refractivity contribution in [2.24, 2.45) is 23.7 Å². The van der Waals surface area contributed by atoms with E-state index in [1.165, 1.54) is 5.57 Å². The van der Waals surface area contributed by atoms with Crippen molar-refractivity contribution in [3.8, 4) is 5.75 Å². The molecule has 1 fully saturated rings. The molecule has 8 nitrogen and oxygen atoms in total. The number of fused-ring (bicyclic) bond motifs is 6. The van der Waals surface area contributed by atoms with E-state index < -0.39 is 26.6 Å². The average molecular weight is 687 g/mol. The number of rotatable bonds is 4. The van der Waals surface area contributed by atoms with Crippen LogP contribution in [0.25, 0.3) is 0 Å². The Morgan fingerprint density at radius 1 is 1.17 bits per heavy atom. The molecule has 2 aromatic rings. The average Bonchev–Trinajstić information content (AvgIpc) is 3.16. The monoisotopic (exact) mass is 686 g/mol. The quantitative estimate of drug-likeness (QED) is 0.309. The summed E-state index contributed by atoms with van der Waals surface area (Å²) >= 11 is 6.24. The van der Waals surface area contributed by atoms with Crippen LogP contribution in [0.4, 0.5) is 10.1 Å². The summed E-state index contributed by atoms with van der Waals surface area (Å²) in [5, 5.41) is -0.644. The molecule has 4 bridgehead atoms. The third-order valence-corrected chi connectivity index (χ3v) is 13.9. The number of nitrogens with zero attached hydrogens (tertiary/aromatic N) is 1. The molecule has 3 aliphatic heterocycles. The summed E-state index contributed by atoms with van der Waals surface area (Å²) in [5.74, 6) is 0.115. The zero-order valence-electron chi connectivity index (χ0n) is 27.3. The lowest BCUT2D eigenvalue weighted by Crippen LogP contribution is -2.51. The van der Waals surface area contributed by atoms with Gasteiger partial charge in [0.1, 0.15) is 11.6 Å². The fourth-order valence-electron chi connectivity index (χ4n) is 8.53. The molecule has 1 spiro atoms. The molecule has 1 amide bonds. The summed E-state index contributed by atoms with van der Waals surface area (Å²) in [7, 11) is -2.29. The van der Waals surface area contributed by atoms with Crippen LogP contribution in [0.2, 0.25) is 5.02 Å². The van der Waals surface area contributed by atoms with Crippen LogP contribution in [0.5, 0.6) is 5.75 Å². The van der Waals surface area contributed by atoms with E-state index in [1.807, 2.05) is 13.0 Å². The Morgan fingerprint density at radius 3 is 2.72 bits per heavy atom. The van der Waals surface area contributed by atoms with Gasteiger partial charge < -0.3 is 19.1 Å². The predicted octanol–water partition coefficient (Wildman–Crippen LogP) is 6.05. The van der Waals surface area contributed by atoms with Gasteiger partial charge in [-0.25, -0.2) is 17.5 Å². The molecule has 8 rings (SSSR count). The number of methoxy groups -OCH3 is 1. The van der Waals surface area contributed by atoms with Gasteiger partial charge in [0.25, 0.3) is 5.91 Å². The number of allylic oxidation sites excluding steroid dienone is 1. The molecule has 6 aliphatic rings. The SMILES string of the molecule is COCCO[C@H]1C2=C[C@@H](C2)[C@H](C)[C@@H](C)S(=O)(=O)NC(=O)c2ccc3c(c2)N(C[C@@H]2CC[C@H]21)C[C@@]1(CCCc2c1ccc(Cl)c2F)CO3. The fourth-order valence-corrected chi connectivity index (χ4v) is 10.0. The van der Waals surface area contributed by atoms with E-state index >= 15 is 4.39 Å². The first-order chi connectivity index (χ1) is 22.5. The minimum Gasteiger partial charge on any atom is -0.490 e. The normalized spacial score (nSPS) is 32.8. The van der Waals surface area contributed by atoms with E-state index in [4.69, 9.17) is 25.8 Å². The molecule has 2 aromatic carbocycles. The Morgan fingerprint density at radius 2 is 1.98 bits per heavy atom. The first kappa shape index (κ1) is 32.9. The molecular formula is C36H44ClFN2O6S. The molecule has 1 N–H and O–H groups in total. The van der Waals surface area contributed by atoms with Crippen LogP contribution in [0.15, 0.2) is 42.0 Å². The summed E-state index contributed by atoms with van der Waals surface area (Å²) in [6.45, 7) is 6.22. The van der Waals surface area contributed by atoms with Crippen molar-refractivity contribution in [3.05, 3.63) is 69.5 Å². The lowest BCUT2D eigenvalue weighted by Gasteiger charge is -2.48. The number of hydrogen-bond acceptors (Lipinski definition) is 7. The Kier molecular flexibility index (Phi) is 8.85. The van der Waals surface area contributed by atoms with Crippen LogP contribution < -0.4 is 14.4 Å². The fraction of sp³-hybridized carbons (Fsp3) is 0.583. The second-order valence-corrected chi connectivity index (χ2v) is 16.8. The smallest absolute Gasteiger partial charge is 0.264 e. The number of hydrogen-bond donors (Lipinski definition) is 1. The van der Waals surface area contributed by atoms with Gasteiger partial charge in [0.2, 0.25) is 10.0 Å². The van der Waals surface area contributed by atoms with Gasteiger partial charge in [0.15, 0.2) is 0 Å². The van der Waals surface area contributed by atoms with E-state index in [2.05, 4.69) is 15.7 Å². The first-order valence-corrected chi connectivity index (χ1v) is 18.8. The van der Waals surface area contributed by atoms with Gasteiger partial charge in [-0.15, -0.1) is 0 Å². The number of halogens is 2. The molecule has 0 aromatic heterocycles. The highest BCUT2D eigenvalue weighted by Crippen LogP contribution is 2.50. The number of sulfonamides is 1. The van der Waals surface area contributed by atoms with Crippen LogP contribution in [-0.4, -0.2) is 65.7 Å². The van der Waals surface area contributed by atoms with Crippen LogP contribution >= 0.6 is 11.6 Å². The molecule has 0 radical (unpaired) electrons. The number of benzene rings is 2. The highest BCUT2D eigenvalue weighted by molar-refractivity contribution is 7.90. The Labute approximate surface area is 282 Å². The summed E-state index contributed by atoms with van der Waals surface area (Å²) in [4.78, 5) is 15.8. The zero-order valence-corrected chi connectivity index (χ0v) is 28.8. The topological polar surface area (TPSA) is 94.2 Å². The highest BCUT2D eigenvalue weighted by Gasteiger charge is 2.47. The Bertz CT molecular complexity index is 1700. The van der Waals surface area contributed by atoms with Crippen LogP contribution in [0.1, 0.15) is 67.4 Å². The molecule has 0 saturated heterocycles. The van der Waals surface area contributed by atoms with Crippen molar-refractivity contribution in [1.82, 2.24) is 4.72 Å². The summed E-state index contributed by atoms with van der Waals surface area (Å²) < 4.78 is 63.1. The molecule has 11 heteroatoms. The number of carbonyl (C=O) groups is 1. The molecular weight excluding hydrogens is 643 g/mol. The van der Waals surface area contributed by atoms with Crippen molar-refractivity contribution in [3.63, 3.8) is 0 Å². The molecule has 3 aliphatic carbocycles. The maximum atomic E-state index is 15.4. The predicted molar refractivity (Wildman–Crippen MR) is 179 cm³/mol. The number of amides is 1. The van der Waals surface area contributed by atoms with Gasteiger partial charge in [0.05, 0.1) is 41.9 Å². The molecule has 1 saturated carbocycles. The zero-order chi connectivity index (χ0) is 33.1. The number of ether oxygens (including phenoxy) is 3. The van der Waals surface area contributed by atoms with Crippen LogP contribution in [-0.2, 0) is 31.3 Å². The van der Waals surface area contributed by atoms with Crippen LogP contribution in [0, 0.1) is 29.5 Å². The van der Waals surface area contributed by atoms with Gasteiger partial charge >= 0.3 is 0 Å². The third kappa shape index (κ3) is 5.87.